The van der Waals surface area contributed by atoms with Crippen LogP contribution in [0.25, 0.3) is 0 Å². The largest absolute Gasteiger partial charge is 0.304 e. The van der Waals surface area contributed by atoms with Gasteiger partial charge in [-0.05, 0) is 42.4 Å². The van der Waals surface area contributed by atoms with Crippen LogP contribution in [0.5, 0.6) is 0 Å². The molecule has 3 aromatic carbocycles. The van der Waals surface area contributed by atoms with Gasteiger partial charge in [-0.15, -0.1) is 13.2 Å². The first-order valence-corrected chi connectivity index (χ1v) is 10.1. The molecule has 1 fully saturated rings. The number of piperazine rings is 1. The van der Waals surface area contributed by atoms with E-state index in [0.29, 0.717) is 0 Å². The van der Waals surface area contributed by atoms with Crippen LogP contribution in [-0.2, 0) is 0 Å². The topological polar surface area (TPSA) is 6.48 Å². The van der Waals surface area contributed by atoms with Crippen LogP contribution in [0.15, 0.2) is 98.1 Å². The second kappa shape index (κ2) is 12.7. The number of hydrogen-bond acceptors (Lipinski definition) is 2. The molecule has 0 aromatic heterocycles. The number of halogens is 2. The van der Waals surface area contributed by atoms with Crippen LogP contribution in [0.4, 0.5) is 8.78 Å². The SMILES string of the molecule is C=C.CN1CCN(C(c2ccc(F)cc2)c2ccc(F)cc2)CC1.c1ccccc1. The smallest absolute Gasteiger partial charge is 0.123 e. The van der Waals surface area contributed by atoms with E-state index in [9.17, 15) is 8.78 Å². The van der Waals surface area contributed by atoms with Crippen molar-refractivity contribution in [1.82, 2.24) is 9.80 Å². The zero-order valence-corrected chi connectivity index (χ0v) is 17.6. The third-order valence-electron chi connectivity index (χ3n) is 4.94. The molecular formula is C26H30F2N2. The van der Waals surface area contributed by atoms with E-state index in [0.717, 1.165) is 37.3 Å². The summed E-state index contributed by atoms with van der Waals surface area (Å²) in [7, 11) is 2.11. The lowest BCUT2D eigenvalue weighted by Crippen LogP contribution is -2.46. The Morgan fingerprint density at radius 3 is 1.30 bits per heavy atom. The monoisotopic (exact) mass is 408 g/mol. The van der Waals surface area contributed by atoms with Gasteiger partial charge in [-0.2, -0.15) is 0 Å². The summed E-state index contributed by atoms with van der Waals surface area (Å²) in [6.07, 6.45) is 0. The van der Waals surface area contributed by atoms with Crippen molar-refractivity contribution in [1.29, 1.82) is 0 Å². The van der Waals surface area contributed by atoms with Crippen LogP contribution in [0, 0.1) is 11.6 Å². The molecule has 0 saturated carbocycles. The summed E-state index contributed by atoms with van der Waals surface area (Å²) in [6, 6.07) is 25.3. The van der Waals surface area contributed by atoms with Gasteiger partial charge in [0, 0.05) is 26.2 Å². The number of likely N-dealkylation sites (N-methyl/N-ethyl adjacent to an activating group) is 1. The van der Waals surface area contributed by atoms with E-state index in [1.165, 1.54) is 24.3 Å². The minimum absolute atomic E-state index is 0.0369. The summed E-state index contributed by atoms with van der Waals surface area (Å²) >= 11 is 0. The number of rotatable bonds is 3. The van der Waals surface area contributed by atoms with E-state index in [1.807, 2.05) is 60.7 Å². The van der Waals surface area contributed by atoms with Crippen molar-refractivity contribution in [2.75, 3.05) is 33.2 Å². The predicted molar refractivity (Wildman–Crippen MR) is 121 cm³/mol. The Kier molecular flexibility index (Phi) is 9.92. The fraction of sp³-hybridized carbons (Fsp3) is 0.231. The van der Waals surface area contributed by atoms with Crippen LogP contribution >= 0.6 is 0 Å². The van der Waals surface area contributed by atoms with Crippen molar-refractivity contribution >= 4 is 0 Å². The summed E-state index contributed by atoms with van der Waals surface area (Å²) < 4.78 is 26.5. The van der Waals surface area contributed by atoms with Gasteiger partial charge in [0.15, 0.2) is 0 Å². The van der Waals surface area contributed by atoms with Gasteiger partial charge in [0.25, 0.3) is 0 Å². The molecule has 30 heavy (non-hydrogen) atoms. The van der Waals surface area contributed by atoms with E-state index in [2.05, 4.69) is 30.0 Å². The summed E-state index contributed by atoms with van der Waals surface area (Å²) in [4.78, 5) is 4.67. The van der Waals surface area contributed by atoms with Crippen molar-refractivity contribution in [2.45, 2.75) is 6.04 Å². The fourth-order valence-electron chi connectivity index (χ4n) is 3.37. The molecule has 0 spiro atoms. The highest BCUT2D eigenvalue weighted by Crippen LogP contribution is 2.29. The summed E-state index contributed by atoms with van der Waals surface area (Å²) in [6.45, 7) is 9.88. The van der Waals surface area contributed by atoms with E-state index >= 15 is 0 Å². The Hall–Kier alpha value is -2.82. The molecule has 0 amide bonds. The first kappa shape index (κ1) is 23.5. The van der Waals surface area contributed by atoms with E-state index < -0.39 is 0 Å². The molecular weight excluding hydrogens is 378 g/mol. The van der Waals surface area contributed by atoms with Gasteiger partial charge >= 0.3 is 0 Å². The summed E-state index contributed by atoms with van der Waals surface area (Å²) in [5, 5.41) is 0. The maximum absolute atomic E-state index is 13.2. The Labute approximate surface area is 179 Å². The molecule has 1 aliphatic rings. The molecule has 0 aliphatic carbocycles. The van der Waals surface area contributed by atoms with Crippen molar-refractivity contribution in [3.05, 3.63) is 121 Å². The van der Waals surface area contributed by atoms with Gasteiger partial charge < -0.3 is 4.90 Å². The Balaban J connectivity index is 0.000000340. The van der Waals surface area contributed by atoms with Crippen LogP contribution < -0.4 is 0 Å². The molecule has 158 valence electrons. The molecule has 1 heterocycles. The molecule has 3 aromatic rings. The molecule has 4 rings (SSSR count). The average molecular weight is 409 g/mol. The van der Waals surface area contributed by atoms with E-state index in [4.69, 9.17) is 0 Å². The highest BCUT2D eigenvalue weighted by atomic mass is 19.1. The molecule has 1 saturated heterocycles. The lowest BCUT2D eigenvalue weighted by atomic mass is 9.96. The maximum Gasteiger partial charge on any atom is 0.123 e. The average Bonchev–Trinajstić information content (AvgIpc) is 2.81. The molecule has 4 heteroatoms. The number of hydrogen-bond donors (Lipinski definition) is 0. The van der Waals surface area contributed by atoms with Crippen molar-refractivity contribution in [2.24, 2.45) is 0 Å². The van der Waals surface area contributed by atoms with Gasteiger partial charge in [0.05, 0.1) is 6.04 Å². The second-order valence-electron chi connectivity index (χ2n) is 7.00. The standard InChI is InChI=1S/C18H20F2N2.C6H6.C2H4/c1-21-10-12-22(13-11-21)18(14-2-6-16(19)7-3-14)15-4-8-17(20)9-5-15;1-2-4-6-5-3-1;1-2/h2-9,18H,10-13H2,1H3;1-6H;1-2H2. The number of benzene rings is 3. The molecule has 2 nitrogen and oxygen atoms in total. The molecule has 0 atom stereocenters. The summed E-state index contributed by atoms with van der Waals surface area (Å²) in [5.41, 5.74) is 2.08. The molecule has 1 aliphatic heterocycles. The first-order valence-electron chi connectivity index (χ1n) is 10.1. The second-order valence-corrected chi connectivity index (χ2v) is 7.00. The third kappa shape index (κ3) is 7.21. The van der Waals surface area contributed by atoms with Crippen LogP contribution in [0.1, 0.15) is 17.2 Å². The minimum atomic E-state index is -0.236. The van der Waals surface area contributed by atoms with Crippen LogP contribution in [0.2, 0.25) is 0 Å². The molecule has 0 bridgehead atoms. The lowest BCUT2D eigenvalue weighted by Gasteiger charge is -2.38. The highest BCUT2D eigenvalue weighted by molar-refractivity contribution is 5.32. The molecule has 0 unspecified atom stereocenters. The Morgan fingerprint density at radius 1 is 0.633 bits per heavy atom. The lowest BCUT2D eigenvalue weighted by molar-refractivity contribution is 0.127. The van der Waals surface area contributed by atoms with Crippen molar-refractivity contribution in [3.63, 3.8) is 0 Å². The maximum atomic E-state index is 13.2. The Bertz CT molecular complexity index is 755. The van der Waals surface area contributed by atoms with Crippen LogP contribution in [0.3, 0.4) is 0 Å². The highest BCUT2D eigenvalue weighted by Gasteiger charge is 2.25. The summed E-state index contributed by atoms with van der Waals surface area (Å²) in [5.74, 6) is -0.472. The normalized spacial score (nSPS) is 14.3. The first-order chi connectivity index (χ1) is 14.6. The van der Waals surface area contributed by atoms with Gasteiger partial charge in [-0.25, -0.2) is 8.78 Å². The van der Waals surface area contributed by atoms with Gasteiger partial charge in [-0.1, -0.05) is 60.7 Å². The van der Waals surface area contributed by atoms with Crippen molar-refractivity contribution in [3.8, 4) is 0 Å². The van der Waals surface area contributed by atoms with Gasteiger partial charge in [0.2, 0.25) is 0 Å². The van der Waals surface area contributed by atoms with Crippen LogP contribution in [-0.4, -0.2) is 43.0 Å². The van der Waals surface area contributed by atoms with Gasteiger partial charge in [0.1, 0.15) is 11.6 Å². The van der Waals surface area contributed by atoms with Crippen molar-refractivity contribution < 1.29 is 8.78 Å². The van der Waals surface area contributed by atoms with Gasteiger partial charge in [-0.3, -0.25) is 4.90 Å². The van der Waals surface area contributed by atoms with E-state index in [-0.39, 0.29) is 17.7 Å². The number of nitrogens with zero attached hydrogens (tertiary/aromatic N) is 2. The van der Waals surface area contributed by atoms with E-state index in [1.54, 1.807) is 0 Å². The zero-order chi connectivity index (χ0) is 21.8. The fourth-order valence-corrected chi connectivity index (χ4v) is 3.37. The zero-order valence-electron chi connectivity index (χ0n) is 17.6. The minimum Gasteiger partial charge on any atom is -0.304 e. The quantitative estimate of drug-likeness (QED) is 0.506. The Morgan fingerprint density at radius 2 is 0.967 bits per heavy atom. The molecule has 0 N–H and O–H groups in total. The molecule has 0 radical (unpaired) electrons. The predicted octanol–water partition coefficient (Wildman–Crippen LogP) is 5.79. The third-order valence-corrected chi connectivity index (χ3v) is 4.94.